The minimum Gasteiger partial charge on any atom is -0.192 e. The Hall–Kier alpha value is -0.940. The molecular weight excluding hydrogens is 416 g/mol. The van der Waals surface area contributed by atoms with Crippen molar-refractivity contribution in [1.82, 2.24) is 0 Å². The smallest absolute Gasteiger partial charge is 0.192 e. The van der Waals surface area contributed by atoms with Crippen LogP contribution in [0.1, 0.15) is 0 Å². The van der Waals surface area contributed by atoms with E-state index in [1.54, 1.807) is 0 Å². The van der Waals surface area contributed by atoms with E-state index in [1.165, 1.54) is 0 Å². The molecule has 0 aromatic rings. The van der Waals surface area contributed by atoms with E-state index in [-0.39, 0.29) is 0 Å². The summed E-state index contributed by atoms with van der Waals surface area (Å²) in [6.07, 6.45) is 0. The fraction of sp³-hybridized carbons (Fsp3) is 1.00. The number of halogens is 12. The first-order valence-corrected chi connectivity index (χ1v) is 7.04. The Kier molecular flexibility index (Phi) is 4.82. The van der Waals surface area contributed by atoms with Gasteiger partial charge in [-0.1, -0.05) is 7.77 Å². The van der Waals surface area contributed by atoms with Gasteiger partial charge in [-0.05, 0) is 0 Å². The average Bonchev–Trinajstić information content (AvgIpc) is 2.24. The van der Waals surface area contributed by atoms with Crippen LogP contribution in [0.15, 0.2) is 0 Å². The van der Waals surface area contributed by atoms with Crippen molar-refractivity contribution in [3.8, 4) is 0 Å². The molecular formula is C5F12O4S2. The molecule has 4 nitrogen and oxygen atoms in total. The second kappa shape index (κ2) is 5.03. The van der Waals surface area contributed by atoms with Crippen molar-refractivity contribution < 1.29 is 68.5 Å². The van der Waals surface area contributed by atoms with Crippen molar-refractivity contribution in [3.05, 3.63) is 0 Å². The van der Waals surface area contributed by atoms with Gasteiger partial charge in [-0.25, -0.2) is 0 Å². The highest BCUT2D eigenvalue weighted by atomic mass is 32.3. The highest BCUT2D eigenvalue weighted by Crippen LogP contribution is 2.59. The maximum absolute atomic E-state index is 12.7. The quantitative estimate of drug-likeness (QED) is 0.494. The van der Waals surface area contributed by atoms with Gasteiger partial charge in [-0.2, -0.15) is 60.7 Å². The summed E-state index contributed by atoms with van der Waals surface area (Å²) in [6, 6.07) is 0. The minimum absolute atomic E-state index is 7.69. The molecule has 0 aliphatic carbocycles. The van der Waals surface area contributed by atoms with Gasteiger partial charge in [0, 0.05) is 0 Å². The molecule has 0 aromatic heterocycles. The predicted molar refractivity (Wildman–Crippen MR) is 44.8 cm³/mol. The van der Waals surface area contributed by atoms with E-state index in [1.807, 2.05) is 0 Å². The molecule has 0 radical (unpaired) electrons. The molecule has 140 valence electrons. The number of alkyl halides is 10. The normalized spacial score (nSPS) is 16.5. The van der Waals surface area contributed by atoms with E-state index in [0.29, 0.717) is 0 Å². The van der Waals surface area contributed by atoms with Crippen molar-refractivity contribution in [2.75, 3.05) is 0 Å². The van der Waals surface area contributed by atoms with Crippen LogP contribution < -0.4 is 0 Å². The highest BCUT2D eigenvalue weighted by molar-refractivity contribution is 7.87. The standard InChI is InChI=1S/C5F12O4S2/c6-1(7,2(8,9)4(12,13)22(16,18)19)3(10,11)5(14,15)23(17,20)21. The van der Waals surface area contributed by atoms with Crippen LogP contribution in [-0.2, 0) is 20.4 Å². The molecule has 23 heavy (non-hydrogen) atoms. The van der Waals surface area contributed by atoms with Crippen molar-refractivity contribution in [3.63, 3.8) is 0 Å². The molecule has 0 amide bonds. The van der Waals surface area contributed by atoms with Crippen LogP contribution >= 0.6 is 0 Å². The van der Waals surface area contributed by atoms with Crippen LogP contribution in [0.4, 0.5) is 51.7 Å². The fourth-order valence-corrected chi connectivity index (χ4v) is 1.74. The lowest BCUT2D eigenvalue weighted by atomic mass is 10.0. The van der Waals surface area contributed by atoms with Gasteiger partial charge in [0.05, 0.1) is 0 Å². The third-order valence-electron chi connectivity index (χ3n) is 2.13. The zero-order chi connectivity index (χ0) is 19.5. The SMILES string of the molecule is O=S(=O)(F)C(F)(F)C(F)(F)C(F)(F)C(F)(F)C(F)(F)S(=O)(=O)F. The Labute approximate surface area is 118 Å². The largest absolute Gasteiger partial charge is 0.442 e. The molecule has 0 aliphatic rings. The Balaban J connectivity index is 6.60. The topological polar surface area (TPSA) is 68.3 Å². The Bertz CT molecular complexity index is 618. The van der Waals surface area contributed by atoms with Gasteiger partial charge in [0.1, 0.15) is 0 Å². The predicted octanol–water partition coefficient (Wildman–Crippen LogP) is 2.68. The van der Waals surface area contributed by atoms with Crippen LogP contribution in [-0.4, -0.2) is 45.1 Å². The summed E-state index contributed by atoms with van der Waals surface area (Å²) in [4.78, 5) is 0. The summed E-state index contributed by atoms with van der Waals surface area (Å²) in [5, 5.41) is -15.4. The van der Waals surface area contributed by atoms with Gasteiger partial charge in [-0.3, -0.25) is 0 Å². The molecule has 0 saturated heterocycles. The Morgan fingerprint density at radius 1 is 0.435 bits per heavy atom. The lowest BCUT2D eigenvalue weighted by Crippen LogP contribution is -2.69. The summed E-state index contributed by atoms with van der Waals surface area (Å²) in [7, 11) is -16.1. The number of rotatable bonds is 6. The second-order valence-corrected chi connectivity index (χ2v) is 6.41. The maximum Gasteiger partial charge on any atom is 0.442 e. The molecule has 18 heteroatoms. The molecule has 0 aromatic carbocycles. The highest BCUT2D eigenvalue weighted by Gasteiger charge is 2.91. The van der Waals surface area contributed by atoms with Gasteiger partial charge in [-0.15, -0.1) is 0 Å². The Morgan fingerprint density at radius 2 is 0.609 bits per heavy atom. The molecule has 0 fully saturated rings. The van der Waals surface area contributed by atoms with E-state index >= 15 is 0 Å². The first kappa shape index (κ1) is 22.1. The van der Waals surface area contributed by atoms with Crippen LogP contribution in [0.25, 0.3) is 0 Å². The Morgan fingerprint density at radius 3 is 0.739 bits per heavy atom. The molecule has 0 rings (SSSR count). The lowest BCUT2D eigenvalue weighted by molar-refractivity contribution is -0.375. The molecule has 0 atom stereocenters. The molecule has 0 N–H and O–H groups in total. The van der Waals surface area contributed by atoms with Crippen molar-refractivity contribution in [2.24, 2.45) is 0 Å². The van der Waals surface area contributed by atoms with Crippen LogP contribution in [0.3, 0.4) is 0 Å². The minimum atomic E-state index is -8.23. The van der Waals surface area contributed by atoms with E-state index in [2.05, 4.69) is 0 Å². The molecule has 0 unspecified atom stereocenters. The summed E-state index contributed by atoms with van der Waals surface area (Å²) in [5.74, 6) is -24.4. The molecule has 0 aliphatic heterocycles. The van der Waals surface area contributed by atoms with Gasteiger partial charge in [0.2, 0.25) is 0 Å². The summed E-state index contributed by atoms with van der Waals surface area (Å²) < 4.78 is 188. The van der Waals surface area contributed by atoms with Crippen LogP contribution in [0, 0.1) is 0 Å². The first-order valence-electron chi connectivity index (χ1n) is 4.27. The third kappa shape index (κ3) is 2.72. The fourth-order valence-electron chi connectivity index (χ4n) is 0.869. The molecule has 0 spiro atoms. The molecule has 0 saturated carbocycles. The van der Waals surface area contributed by atoms with Crippen molar-refractivity contribution in [2.45, 2.75) is 28.3 Å². The zero-order valence-corrected chi connectivity index (χ0v) is 11.1. The first-order chi connectivity index (χ1) is 9.50. The maximum atomic E-state index is 12.7. The second-order valence-electron chi connectivity index (χ2n) is 3.63. The summed E-state index contributed by atoms with van der Waals surface area (Å²) >= 11 is 0. The van der Waals surface area contributed by atoms with Crippen LogP contribution in [0.2, 0.25) is 0 Å². The zero-order valence-electron chi connectivity index (χ0n) is 9.49. The van der Waals surface area contributed by atoms with E-state index in [4.69, 9.17) is 0 Å². The van der Waals surface area contributed by atoms with Gasteiger partial charge < -0.3 is 0 Å². The summed E-state index contributed by atoms with van der Waals surface area (Å²) in [5.41, 5.74) is 0. The monoisotopic (exact) mass is 416 g/mol. The molecule has 0 bridgehead atoms. The van der Waals surface area contributed by atoms with E-state index < -0.39 is 48.7 Å². The van der Waals surface area contributed by atoms with Crippen molar-refractivity contribution in [1.29, 1.82) is 0 Å². The lowest BCUT2D eigenvalue weighted by Gasteiger charge is -2.36. The van der Waals surface area contributed by atoms with Gasteiger partial charge >= 0.3 is 48.7 Å². The van der Waals surface area contributed by atoms with Crippen molar-refractivity contribution >= 4 is 20.4 Å². The van der Waals surface area contributed by atoms with Crippen LogP contribution in [0.5, 0.6) is 0 Å². The van der Waals surface area contributed by atoms with E-state index in [0.717, 1.165) is 0 Å². The summed E-state index contributed by atoms with van der Waals surface area (Å²) in [6.45, 7) is 0. The number of hydrogen-bond donors (Lipinski definition) is 0. The third-order valence-corrected chi connectivity index (χ3v) is 3.87. The van der Waals surface area contributed by atoms with Gasteiger partial charge in [0.15, 0.2) is 0 Å². The molecule has 0 heterocycles. The number of hydrogen-bond acceptors (Lipinski definition) is 4. The van der Waals surface area contributed by atoms with Gasteiger partial charge in [0.25, 0.3) is 0 Å². The average molecular weight is 416 g/mol. The van der Waals surface area contributed by atoms with E-state index in [9.17, 15) is 68.5 Å².